The smallest absolute Gasteiger partial charge is 0.194 e. The van der Waals surface area contributed by atoms with Gasteiger partial charge in [-0.1, -0.05) is 13.0 Å². The van der Waals surface area contributed by atoms with Gasteiger partial charge in [-0.3, -0.25) is 0 Å². The van der Waals surface area contributed by atoms with E-state index < -0.39 is 23.5 Å². The number of thiophene rings is 1. The van der Waals surface area contributed by atoms with Gasteiger partial charge in [0.1, 0.15) is 0 Å². The van der Waals surface area contributed by atoms with Crippen molar-refractivity contribution in [3.63, 3.8) is 0 Å². The van der Waals surface area contributed by atoms with Gasteiger partial charge in [-0.2, -0.15) is 0 Å². The Kier molecular flexibility index (Phi) is 5.23. The first-order valence-corrected chi connectivity index (χ1v) is 7.80. The van der Waals surface area contributed by atoms with E-state index in [1.807, 2.05) is 18.4 Å². The van der Waals surface area contributed by atoms with E-state index in [0.717, 1.165) is 15.4 Å². The summed E-state index contributed by atoms with van der Waals surface area (Å²) in [7, 11) is 0. The zero-order chi connectivity index (χ0) is 14.7. The lowest BCUT2D eigenvalue weighted by Crippen LogP contribution is -2.24. The Morgan fingerprint density at radius 1 is 1.20 bits per heavy atom. The molecule has 0 amide bonds. The van der Waals surface area contributed by atoms with Crippen LogP contribution in [-0.4, -0.2) is 6.54 Å². The van der Waals surface area contributed by atoms with Gasteiger partial charge in [0, 0.05) is 27.4 Å². The monoisotopic (exact) mass is 363 g/mol. The zero-order valence-corrected chi connectivity index (χ0v) is 13.1. The summed E-state index contributed by atoms with van der Waals surface area (Å²) in [6.07, 6.45) is 0.508. The third-order valence-corrected chi connectivity index (χ3v) is 4.92. The van der Waals surface area contributed by atoms with Crippen molar-refractivity contribution in [2.24, 2.45) is 0 Å². The molecule has 0 bridgehead atoms. The lowest BCUT2D eigenvalue weighted by molar-refractivity contribution is 0.425. The van der Waals surface area contributed by atoms with Crippen molar-refractivity contribution < 1.29 is 13.2 Å². The van der Waals surface area contributed by atoms with Crippen LogP contribution in [0.15, 0.2) is 28.1 Å². The maximum atomic E-state index is 13.9. The average molecular weight is 364 g/mol. The molecule has 108 valence electrons. The van der Waals surface area contributed by atoms with Crippen molar-refractivity contribution in [3.05, 3.63) is 55.9 Å². The molecule has 1 nitrogen and oxygen atoms in total. The minimum absolute atomic E-state index is 0.144. The molecular weight excluding hydrogens is 351 g/mol. The number of halogens is 4. The normalized spacial score (nSPS) is 12.7. The topological polar surface area (TPSA) is 12.0 Å². The molecule has 0 aliphatic rings. The molecule has 1 unspecified atom stereocenters. The van der Waals surface area contributed by atoms with Crippen LogP contribution in [-0.2, 0) is 6.42 Å². The maximum absolute atomic E-state index is 13.9. The maximum Gasteiger partial charge on any atom is 0.194 e. The second-order valence-electron chi connectivity index (χ2n) is 4.27. The van der Waals surface area contributed by atoms with Gasteiger partial charge in [-0.25, -0.2) is 13.2 Å². The Bertz CT molecular complexity index is 600. The summed E-state index contributed by atoms with van der Waals surface area (Å²) in [5.41, 5.74) is 0.144. The van der Waals surface area contributed by atoms with E-state index in [2.05, 4.69) is 21.2 Å². The van der Waals surface area contributed by atoms with Crippen molar-refractivity contribution in [3.8, 4) is 0 Å². The third-order valence-electron chi connectivity index (χ3n) is 2.97. The summed E-state index contributed by atoms with van der Waals surface area (Å²) in [6, 6.07) is 3.76. The van der Waals surface area contributed by atoms with E-state index in [1.165, 1.54) is 17.4 Å². The second kappa shape index (κ2) is 6.74. The molecule has 6 heteroatoms. The number of hydrogen-bond donors (Lipinski definition) is 1. The van der Waals surface area contributed by atoms with Crippen LogP contribution in [0, 0.1) is 17.5 Å². The Morgan fingerprint density at radius 3 is 2.55 bits per heavy atom. The molecule has 0 saturated carbocycles. The van der Waals surface area contributed by atoms with Crippen LogP contribution in [0.1, 0.15) is 23.4 Å². The Balaban J connectivity index is 2.34. The summed E-state index contributed by atoms with van der Waals surface area (Å²) in [5.74, 6) is -3.71. The van der Waals surface area contributed by atoms with Crippen molar-refractivity contribution in [2.45, 2.75) is 19.4 Å². The van der Waals surface area contributed by atoms with Crippen LogP contribution >= 0.6 is 27.3 Å². The van der Waals surface area contributed by atoms with Gasteiger partial charge in [0.25, 0.3) is 0 Å². The Morgan fingerprint density at radius 2 is 1.95 bits per heavy atom. The highest BCUT2D eigenvalue weighted by atomic mass is 79.9. The SMILES string of the molecule is CCNC(Cc1sccc1Br)c1ccc(F)c(F)c1F. The summed E-state index contributed by atoms with van der Waals surface area (Å²) < 4.78 is 41.2. The van der Waals surface area contributed by atoms with Crippen LogP contribution in [0.2, 0.25) is 0 Å². The predicted octanol–water partition coefficient (Wildman–Crippen LogP) is 4.82. The highest BCUT2D eigenvalue weighted by Crippen LogP contribution is 2.30. The highest BCUT2D eigenvalue weighted by Gasteiger charge is 2.21. The first kappa shape index (κ1) is 15.5. The van der Waals surface area contributed by atoms with Crippen LogP contribution in [0.4, 0.5) is 13.2 Å². The van der Waals surface area contributed by atoms with E-state index in [1.54, 1.807) is 0 Å². The van der Waals surface area contributed by atoms with E-state index in [9.17, 15) is 13.2 Å². The molecule has 0 fully saturated rings. The van der Waals surface area contributed by atoms with Gasteiger partial charge in [0.05, 0.1) is 0 Å². The van der Waals surface area contributed by atoms with Gasteiger partial charge in [0.15, 0.2) is 17.5 Å². The highest BCUT2D eigenvalue weighted by molar-refractivity contribution is 9.10. The molecule has 1 aromatic carbocycles. The van der Waals surface area contributed by atoms with Gasteiger partial charge >= 0.3 is 0 Å². The number of nitrogens with one attached hydrogen (secondary N) is 1. The molecule has 20 heavy (non-hydrogen) atoms. The number of likely N-dealkylation sites (N-methyl/N-ethyl adjacent to an activating group) is 1. The molecule has 0 saturated heterocycles. The number of benzene rings is 1. The molecule has 2 rings (SSSR count). The third kappa shape index (κ3) is 3.24. The minimum atomic E-state index is -1.42. The van der Waals surface area contributed by atoms with Gasteiger partial charge in [-0.15, -0.1) is 11.3 Å². The van der Waals surface area contributed by atoms with E-state index in [4.69, 9.17) is 0 Å². The van der Waals surface area contributed by atoms with Crippen LogP contribution in [0.3, 0.4) is 0 Å². The van der Waals surface area contributed by atoms with Gasteiger partial charge in [-0.05, 0) is 40.0 Å². The molecule has 1 atom stereocenters. The van der Waals surface area contributed by atoms with Crippen LogP contribution in [0.25, 0.3) is 0 Å². The fraction of sp³-hybridized carbons (Fsp3) is 0.286. The van der Waals surface area contributed by atoms with Gasteiger partial charge in [0.2, 0.25) is 0 Å². The van der Waals surface area contributed by atoms with Crippen molar-refractivity contribution in [1.82, 2.24) is 5.32 Å². The Hall–Kier alpha value is -0.850. The zero-order valence-electron chi connectivity index (χ0n) is 10.7. The lowest BCUT2D eigenvalue weighted by atomic mass is 10.0. The summed E-state index contributed by atoms with van der Waals surface area (Å²) in [4.78, 5) is 1.03. The molecule has 2 aromatic rings. The van der Waals surface area contributed by atoms with E-state index in [0.29, 0.717) is 13.0 Å². The largest absolute Gasteiger partial charge is 0.310 e. The summed E-state index contributed by atoms with van der Waals surface area (Å²) in [6.45, 7) is 2.49. The van der Waals surface area contributed by atoms with Gasteiger partial charge < -0.3 is 5.32 Å². The Labute approximate surface area is 128 Å². The van der Waals surface area contributed by atoms with Crippen molar-refractivity contribution in [2.75, 3.05) is 6.54 Å². The molecular formula is C14H13BrF3NS. The lowest BCUT2D eigenvalue weighted by Gasteiger charge is -2.19. The predicted molar refractivity (Wildman–Crippen MR) is 78.5 cm³/mol. The molecule has 0 aliphatic carbocycles. The standard InChI is InChI=1S/C14H13BrF3NS/c1-2-19-11(7-12-9(15)5-6-20-12)8-3-4-10(16)14(18)13(8)17/h3-6,11,19H,2,7H2,1H3. The molecule has 1 heterocycles. The molecule has 0 radical (unpaired) electrons. The quantitative estimate of drug-likeness (QED) is 0.750. The van der Waals surface area contributed by atoms with E-state index >= 15 is 0 Å². The van der Waals surface area contributed by atoms with E-state index in [-0.39, 0.29) is 5.56 Å². The first-order chi connectivity index (χ1) is 9.54. The number of hydrogen-bond acceptors (Lipinski definition) is 2. The van der Waals surface area contributed by atoms with Crippen molar-refractivity contribution in [1.29, 1.82) is 0 Å². The molecule has 0 spiro atoms. The molecule has 1 aromatic heterocycles. The fourth-order valence-electron chi connectivity index (χ4n) is 2.00. The molecule has 1 N–H and O–H groups in total. The molecule has 0 aliphatic heterocycles. The van der Waals surface area contributed by atoms with Crippen LogP contribution in [0.5, 0.6) is 0 Å². The summed E-state index contributed by atoms with van der Waals surface area (Å²) in [5, 5.41) is 5.03. The average Bonchev–Trinajstić information content (AvgIpc) is 2.82. The first-order valence-electron chi connectivity index (χ1n) is 6.13. The number of rotatable bonds is 5. The minimum Gasteiger partial charge on any atom is -0.310 e. The summed E-state index contributed by atoms with van der Waals surface area (Å²) >= 11 is 4.95. The second-order valence-corrected chi connectivity index (χ2v) is 6.13. The van der Waals surface area contributed by atoms with Crippen molar-refractivity contribution >= 4 is 27.3 Å². The van der Waals surface area contributed by atoms with Crippen LogP contribution < -0.4 is 5.32 Å². The fourth-order valence-corrected chi connectivity index (χ4v) is 3.57.